The minimum Gasteiger partial charge on any atom is -0.375 e. The van der Waals surface area contributed by atoms with E-state index in [1.165, 1.54) is 5.56 Å². The first-order chi connectivity index (χ1) is 8.22. The van der Waals surface area contributed by atoms with E-state index in [2.05, 4.69) is 16.8 Å². The zero-order chi connectivity index (χ0) is 12.5. The van der Waals surface area contributed by atoms with Crippen LogP contribution in [0.5, 0.6) is 0 Å². The molecule has 5 heteroatoms. The quantitative estimate of drug-likeness (QED) is 0.692. The van der Waals surface area contributed by atoms with E-state index >= 15 is 0 Å². The molecule has 0 spiro atoms. The lowest BCUT2D eigenvalue weighted by Crippen LogP contribution is -2.32. The van der Waals surface area contributed by atoms with Crippen molar-refractivity contribution in [3.05, 3.63) is 22.4 Å². The molecule has 1 atom stereocenters. The molecule has 0 amide bonds. The molecule has 0 bridgehead atoms. The zero-order valence-electron chi connectivity index (χ0n) is 9.99. The summed E-state index contributed by atoms with van der Waals surface area (Å²) >= 11 is 1.67. The molecule has 2 nitrogen and oxygen atoms in total. The smallest absolute Gasteiger partial charge is 0.261 e. The van der Waals surface area contributed by atoms with Gasteiger partial charge < -0.3 is 10.1 Å². The Morgan fingerprint density at radius 2 is 2.29 bits per heavy atom. The zero-order valence-corrected chi connectivity index (χ0v) is 10.8. The summed E-state index contributed by atoms with van der Waals surface area (Å²) in [6.45, 7) is 2.84. The van der Waals surface area contributed by atoms with Gasteiger partial charge in [0.1, 0.15) is 6.61 Å². The molecule has 1 unspecified atom stereocenters. The van der Waals surface area contributed by atoms with Gasteiger partial charge in [-0.2, -0.15) is 11.3 Å². The number of ether oxygens (including phenoxy) is 1. The number of likely N-dealkylation sites (N-methyl/N-ethyl adjacent to an activating group) is 1. The van der Waals surface area contributed by atoms with E-state index in [9.17, 15) is 8.78 Å². The summed E-state index contributed by atoms with van der Waals surface area (Å²) in [5, 5.41) is 7.51. The van der Waals surface area contributed by atoms with Crippen LogP contribution in [-0.2, 0) is 11.2 Å². The van der Waals surface area contributed by atoms with E-state index in [0.717, 1.165) is 19.4 Å². The van der Waals surface area contributed by atoms with Crippen LogP contribution in [0.25, 0.3) is 0 Å². The topological polar surface area (TPSA) is 21.3 Å². The molecular weight excluding hydrogens is 244 g/mol. The summed E-state index contributed by atoms with van der Waals surface area (Å²) in [4.78, 5) is 0. The van der Waals surface area contributed by atoms with Crippen LogP contribution < -0.4 is 5.32 Å². The predicted octanol–water partition coefficient (Wildman–Crippen LogP) is 2.94. The third kappa shape index (κ3) is 6.71. The van der Waals surface area contributed by atoms with Crippen molar-refractivity contribution >= 4 is 11.3 Å². The summed E-state index contributed by atoms with van der Waals surface area (Å²) < 4.78 is 28.7. The molecule has 17 heavy (non-hydrogen) atoms. The molecule has 98 valence electrons. The number of hydrogen-bond donors (Lipinski definition) is 1. The lowest BCUT2D eigenvalue weighted by atomic mass is 10.1. The molecule has 0 aliphatic heterocycles. The highest BCUT2D eigenvalue weighted by Crippen LogP contribution is 2.10. The van der Waals surface area contributed by atoms with Crippen molar-refractivity contribution in [3.8, 4) is 0 Å². The lowest BCUT2D eigenvalue weighted by molar-refractivity contribution is 0.0144. The van der Waals surface area contributed by atoms with Gasteiger partial charge >= 0.3 is 0 Å². The summed E-state index contributed by atoms with van der Waals surface area (Å²) in [6.07, 6.45) is -0.685. The van der Waals surface area contributed by atoms with Crippen molar-refractivity contribution < 1.29 is 13.5 Å². The second-order valence-electron chi connectivity index (χ2n) is 3.84. The van der Waals surface area contributed by atoms with E-state index in [4.69, 9.17) is 4.74 Å². The summed E-state index contributed by atoms with van der Waals surface area (Å²) in [5.74, 6) is 0. The Hall–Kier alpha value is -0.520. The minimum atomic E-state index is -2.37. The van der Waals surface area contributed by atoms with Gasteiger partial charge in [-0.3, -0.25) is 0 Å². The molecule has 0 saturated carbocycles. The maximum atomic E-state index is 11.9. The molecule has 1 aromatic rings. The van der Waals surface area contributed by atoms with Crippen LogP contribution >= 0.6 is 11.3 Å². The first-order valence-electron chi connectivity index (χ1n) is 5.82. The maximum Gasteiger partial charge on any atom is 0.261 e. The van der Waals surface area contributed by atoms with Crippen LogP contribution in [0.2, 0.25) is 0 Å². The fourth-order valence-corrected chi connectivity index (χ4v) is 2.34. The molecular formula is C12H19F2NOS. The Morgan fingerprint density at radius 3 is 2.88 bits per heavy atom. The van der Waals surface area contributed by atoms with Gasteiger partial charge in [-0.15, -0.1) is 0 Å². The highest BCUT2D eigenvalue weighted by atomic mass is 32.1. The Kier molecular flexibility index (Phi) is 7.32. The van der Waals surface area contributed by atoms with Gasteiger partial charge in [-0.1, -0.05) is 6.92 Å². The standard InChI is InChI=1S/C12H19F2NOS/c1-2-15-11(3-5-16-8-12(13)14)7-10-4-6-17-9-10/h4,6,9,11-12,15H,2-3,5,7-8H2,1H3. The van der Waals surface area contributed by atoms with E-state index < -0.39 is 13.0 Å². The molecule has 0 aliphatic rings. The van der Waals surface area contributed by atoms with E-state index in [1.54, 1.807) is 11.3 Å². The fourth-order valence-electron chi connectivity index (χ4n) is 1.66. The van der Waals surface area contributed by atoms with Gasteiger partial charge in [0.15, 0.2) is 0 Å². The van der Waals surface area contributed by atoms with Crippen molar-refractivity contribution in [2.75, 3.05) is 19.8 Å². The minimum absolute atomic E-state index is 0.298. The van der Waals surface area contributed by atoms with E-state index in [1.807, 2.05) is 12.3 Å². The number of hydrogen-bond acceptors (Lipinski definition) is 3. The van der Waals surface area contributed by atoms with Crippen LogP contribution in [-0.4, -0.2) is 32.2 Å². The van der Waals surface area contributed by atoms with Crippen molar-refractivity contribution in [2.24, 2.45) is 0 Å². The summed E-state index contributed by atoms with van der Waals surface area (Å²) in [6, 6.07) is 2.39. The molecule has 1 heterocycles. The third-order valence-electron chi connectivity index (χ3n) is 2.41. The maximum absolute atomic E-state index is 11.9. The monoisotopic (exact) mass is 263 g/mol. The van der Waals surface area contributed by atoms with Crippen LogP contribution in [0.3, 0.4) is 0 Å². The second-order valence-corrected chi connectivity index (χ2v) is 4.63. The van der Waals surface area contributed by atoms with Gasteiger partial charge in [-0.25, -0.2) is 8.78 Å². The van der Waals surface area contributed by atoms with Gasteiger partial charge in [-0.05, 0) is 41.8 Å². The van der Waals surface area contributed by atoms with Gasteiger partial charge in [0.25, 0.3) is 6.43 Å². The molecule has 1 aromatic heterocycles. The van der Waals surface area contributed by atoms with Gasteiger partial charge in [0.05, 0.1) is 0 Å². The largest absolute Gasteiger partial charge is 0.375 e. The fraction of sp³-hybridized carbons (Fsp3) is 0.667. The number of thiophene rings is 1. The number of alkyl halides is 2. The number of rotatable bonds is 9. The van der Waals surface area contributed by atoms with Crippen LogP contribution in [0, 0.1) is 0 Å². The highest BCUT2D eigenvalue weighted by molar-refractivity contribution is 7.07. The van der Waals surface area contributed by atoms with Crippen molar-refractivity contribution in [1.29, 1.82) is 0 Å². The molecule has 0 aromatic carbocycles. The van der Waals surface area contributed by atoms with E-state index in [-0.39, 0.29) is 0 Å². The summed E-state index contributed by atoms with van der Waals surface area (Å²) in [5.41, 5.74) is 1.29. The number of nitrogens with one attached hydrogen (secondary N) is 1. The molecule has 0 saturated heterocycles. The second kappa shape index (κ2) is 8.55. The van der Waals surface area contributed by atoms with Crippen LogP contribution in [0.1, 0.15) is 18.9 Å². The Balaban J connectivity index is 2.23. The third-order valence-corrected chi connectivity index (χ3v) is 3.14. The van der Waals surface area contributed by atoms with Crippen molar-refractivity contribution in [3.63, 3.8) is 0 Å². The molecule has 0 fully saturated rings. The van der Waals surface area contributed by atoms with Crippen molar-refractivity contribution in [2.45, 2.75) is 32.2 Å². The SMILES string of the molecule is CCNC(CCOCC(F)F)Cc1ccsc1. The Bertz CT molecular complexity index is 280. The van der Waals surface area contributed by atoms with E-state index in [0.29, 0.717) is 12.6 Å². The Morgan fingerprint density at radius 1 is 1.47 bits per heavy atom. The average molecular weight is 263 g/mol. The molecule has 1 rings (SSSR count). The highest BCUT2D eigenvalue weighted by Gasteiger charge is 2.09. The van der Waals surface area contributed by atoms with Crippen molar-refractivity contribution in [1.82, 2.24) is 5.32 Å². The van der Waals surface area contributed by atoms with Gasteiger partial charge in [0, 0.05) is 12.6 Å². The average Bonchev–Trinajstić information content (AvgIpc) is 2.77. The molecule has 0 radical (unpaired) electrons. The number of halogens is 2. The summed E-state index contributed by atoms with van der Waals surface area (Å²) in [7, 11) is 0. The lowest BCUT2D eigenvalue weighted by Gasteiger charge is -2.17. The van der Waals surface area contributed by atoms with Gasteiger partial charge in [0.2, 0.25) is 0 Å². The predicted molar refractivity (Wildman–Crippen MR) is 66.9 cm³/mol. The molecule has 1 N–H and O–H groups in total. The van der Waals surface area contributed by atoms with Crippen LogP contribution in [0.15, 0.2) is 16.8 Å². The Labute approximate surface area is 105 Å². The molecule has 0 aliphatic carbocycles. The first-order valence-corrected chi connectivity index (χ1v) is 6.77. The van der Waals surface area contributed by atoms with Crippen LogP contribution in [0.4, 0.5) is 8.78 Å². The first kappa shape index (κ1) is 14.5. The normalized spacial score (nSPS) is 13.2.